The Bertz CT molecular complexity index is 362. The van der Waals surface area contributed by atoms with E-state index >= 15 is 0 Å². The number of aliphatic hydroxyl groups is 1. The molecule has 1 atom stereocenters. The zero-order chi connectivity index (χ0) is 14.1. The molecular formula is C17H27BrO. The van der Waals surface area contributed by atoms with E-state index in [-0.39, 0.29) is 6.10 Å². The molecule has 1 unspecified atom stereocenters. The van der Waals surface area contributed by atoms with Gasteiger partial charge in [0, 0.05) is 4.47 Å². The van der Waals surface area contributed by atoms with Gasteiger partial charge in [0.25, 0.3) is 0 Å². The lowest BCUT2D eigenvalue weighted by Crippen LogP contribution is -2.00. The lowest BCUT2D eigenvalue weighted by Gasteiger charge is -2.14. The van der Waals surface area contributed by atoms with E-state index in [9.17, 15) is 5.11 Å². The molecule has 1 aromatic carbocycles. The summed E-state index contributed by atoms with van der Waals surface area (Å²) in [4.78, 5) is 0. The van der Waals surface area contributed by atoms with Gasteiger partial charge in [0.1, 0.15) is 0 Å². The van der Waals surface area contributed by atoms with Gasteiger partial charge in [-0.15, -0.1) is 0 Å². The van der Waals surface area contributed by atoms with Crippen LogP contribution in [0, 0.1) is 6.92 Å². The molecule has 0 aromatic heterocycles. The van der Waals surface area contributed by atoms with Crippen molar-refractivity contribution < 1.29 is 5.11 Å². The average molecular weight is 327 g/mol. The largest absolute Gasteiger partial charge is 0.388 e. The maximum Gasteiger partial charge on any atom is 0.0792 e. The number of benzene rings is 1. The predicted octanol–water partition coefficient (Wildman–Crippen LogP) is 5.93. The Morgan fingerprint density at radius 1 is 1.05 bits per heavy atom. The molecule has 0 radical (unpaired) electrons. The molecule has 19 heavy (non-hydrogen) atoms. The summed E-state index contributed by atoms with van der Waals surface area (Å²) in [7, 11) is 0. The third-order valence-electron chi connectivity index (χ3n) is 3.67. The van der Waals surface area contributed by atoms with Crippen molar-refractivity contribution in [1.29, 1.82) is 0 Å². The molecule has 0 amide bonds. The number of hydrogen-bond acceptors (Lipinski definition) is 1. The van der Waals surface area contributed by atoms with Gasteiger partial charge in [-0.2, -0.15) is 0 Å². The SMILES string of the molecule is CCCCCCCCCC(O)c1ccc(Br)cc1C. The molecule has 0 saturated heterocycles. The second-order valence-corrected chi connectivity index (χ2v) is 6.34. The Morgan fingerprint density at radius 3 is 2.32 bits per heavy atom. The zero-order valence-electron chi connectivity index (χ0n) is 12.3. The van der Waals surface area contributed by atoms with Crippen molar-refractivity contribution in [2.24, 2.45) is 0 Å². The van der Waals surface area contributed by atoms with Crippen LogP contribution >= 0.6 is 15.9 Å². The van der Waals surface area contributed by atoms with Gasteiger partial charge in [-0.3, -0.25) is 0 Å². The topological polar surface area (TPSA) is 20.2 Å². The van der Waals surface area contributed by atoms with Crippen molar-refractivity contribution in [3.63, 3.8) is 0 Å². The van der Waals surface area contributed by atoms with Gasteiger partial charge in [0.15, 0.2) is 0 Å². The highest BCUT2D eigenvalue weighted by atomic mass is 79.9. The molecule has 108 valence electrons. The fourth-order valence-electron chi connectivity index (χ4n) is 2.46. The van der Waals surface area contributed by atoms with Crippen LogP contribution in [0.4, 0.5) is 0 Å². The molecule has 1 nitrogen and oxygen atoms in total. The number of hydrogen-bond donors (Lipinski definition) is 1. The molecule has 0 spiro atoms. The first-order valence-corrected chi connectivity index (χ1v) is 8.38. The third-order valence-corrected chi connectivity index (χ3v) is 4.17. The monoisotopic (exact) mass is 326 g/mol. The highest BCUT2D eigenvalue weighted by molar-refractivity contribution is 9.10. The second kappa shape index (κ2) is 9.55. The number of aryl methyl sites for hydroxylation is 1. The van der Waals surface area contributed by atoms with Crippen molar-refractivity contribution in [2.45, 2.75) is 71.3 Å². The fourth-order valence-corrected chi connectivity index (χ4v) is 2.94. The van der Waals surface area contributed by atoms with Gasteiger partial charge < -0.3 is 5.11 Å². The highest BCUT2D eigenvalue weighted by Gasteiger charge is 2.10. The van der Waals surface area contributed by atoms with Crippen LogP contribution in [0.2, 0.25) is 0 Å². The summed E-state index contributed by atoms with van der Waals surface area (Å²) in [5, 5.41) is 10.2. The van der Waals surface area contributed by atoms with Crippen LogP contribution in [0.3, 0.4) is 0 Å². The zero-order valence-corrected chi connectivity index (χ0v) is 13.9. The van der Waals surface area contributed by atoms with E-state index in [1.807, 2.05) is 12.1 Å². The summed E-state index contributed by atoms with van der Waals surface area (Å²) in [6.07, 6.45) is 9.65. The van der Waals surface area contributed by atoms with E-state index in [0.717, 1.165) is 22.9 Å². The third kappa shape index (κ3) is 6.58. The first kappa shape index (κ1) is 16.7. The minimum absolute atomic E-state index is 0.302. The quantitative estimate of drug-likeness (QED) is 0.557. The molecular weight excluding hydrogens is 300 g/mol. The molecule has 0 heterocycles. The van der Waals surface area contributed by atoms with Gasteiger partial charge in [0.2, 0.25) is 0 Å². The molecule has 0 aliphatic carbocycles. The maximum absolute atomic E-state index is 10.2. The van der Waals surface area contributed by atoms with E-state index in [2.05, 4.69) is 35.8 Å². The lowest BCUT2D eigenvalue weighted by molar-refractivity contribution is 0.162. The Hall–Kier alpha value is -0.340. The number of halogens is 1. The van der Waals surface area contributed by atoms with E-state index in [0.29, 0.717) is 0 Å². The number of unbranched alkanes of at least 4 members (excludes halogenated alkanes) is 6. The Labute approximate surface area is 126 Å². The summed E-state index contributed by atoms with van der Waals surface area (Å²) in [6.45, 7) is 4.31. The Morgan fingerprint density at radius 2 is 1.68 bits per heavy atom. The molecule has 1 aromatic rings. The predicted molar refractivity (Wildman–Crippen MR) is 86.4 cm³/mol. The molecule has 2 heteroatoms. The van der Waals surface area contributed by atoms with E-state index in [1.54, 1.807) is 0 Å². The van der Waals surface area contributed by atoms with Gasteiger partial charge in [-0.05, 0) is 36.6 Å². The first-order chi connectivity index (χ1) is 9.15. The van der Waals surface area contributed by atoms with Gasteiger partial charge in [-0.1, -0.05) is 73.9 Å². The van der Waals surface area contributed by atoms with Crippen molar-refractivity contribution in [3.05, 3.63) is 33.8 Å². The van der Waals surface area contributed by atoms with Gasteiger partial charge in [0.05, 0.1) is 6.10 Å². The number of rotatable bonds is 9. The van der Waals surface area contributed by atoms with Crippen molar-refractivity contribution >= 4 is 15.9 Å². The minimum atomic E-state index is -0.302. The molecule has 1 N–H and O–H groups in total. The lowest BCUT2D eigenvalue weighted by atomic mass is 9.98. The molecule has 1 rings (SSSR count). The van der Waals surface area contributed by atoms with E-state index in [1.165, 1.54) is 44.1 Å². The minimum Gasteiger partial charge on any atom is -0.388 e. The summed E-state index contributed by atoms with van der Waals surface area (Å²) in [5.41, 5.74) is 2.25. The normalized spacial score (nSPS) is 12.6. The highest BCUT2D eigenvalue weighted by Crippen LogP contribution is 2.25. The van der Waals surface area contributed by atoms with Gasteiger partial charge >= 0.3 is 0 Å². The standard InChI is InChI=1S/C17H27BrO/c1-3-4-5-6-7-8-9-10-17(19)16-12-11-15(18)13-14(16)2/h11-13,17,19H,3-10H2,1-2H3. The fraction of sp³-hybridized carbons (Fsp3) is 0.647. The summed E-state index contributed by atoms with van der Waals surface area (Å²) in [5.74, 6) is 0. The molecule has 0 aliphatic heterocycles. The first-order valence-electron chi connectivity index (χ1n) is 7.59. The second-order valence-electron chi connectivity index (χ2n) is 5.43. The van der Waals surface area contributed by atoms with Crippen LogP contribution < -0.4 is 0 Å². The van der Waals surface area contributed by atoms with E-state index < -0.39 is 0 Å². The Kier molecular flexibility index (Phi) is 8.40. The molecule has 0 fully saturated rings. The van der Waals surface area contributed by atoms with E-state index in [4.69, 9.17) is 0 Å². The smallest absolute Gasteiger partial charge is 0.0792 e. The van der Waals surface area contributed by atoms with Crippen molar-refractivity contribution in [3.8, 4) is 0 Å². The van der Waals surface area contributed by atoms with Crippen molar-refractivity contribution in [2.75, 3.05) is 0 Å². The van der Waals surface area contributed by atoms with Crippen LogP contribution in [0.5, 0.6) is 0 Å². The van der Waals surface area contributed by atoms with Gasteiger partial charge in [-0.25, -0.2) is 0 Å². The Balaban J connectivity index is 2.22. The summed E-state index contributed by atoms with van der Waals surface area (Å²) >= 11 is 3.46. The van der Waals surface area contributed by atoms with Crippen molar-refractivity contribution in [1.82, 2.24) is 0 Å². The average Bonchev–Trinajstić information content (AvgIpc) is 2.37. The number of aliphatic hydroxyl groups excluding tert-OH is 1. The van der Waals surface area contributed by atoms with Crippen LogP contribution in [-0.2, 0) is 0 Å². The molecule has 0 bridgehead atoms. The van der Waals surface area contributed by atoms with Crippen LogP contribution in [0.25, 0.3) is 0 Å². The molecule has 0 aliphatic rings. The maximum atomic E-state index is 10.2. The summed E-state index contributed by atoms with van der Waals surface area (Å²) in [6, 6.07) is 6.12. The van der Waals surface area contributed by atoms with Crippen LogP contribution in [0.15, 0.2) is 22.7 Å². The molecule has 0 saturated carbocycles. The van der Waals surface area contributed by atoms with Crippen LogP contribution in [-0.4, -0.2) is 5.11 Å². The van der Waals surface area contributed by atoms with Crippen LogP contribution in [0.1, 0.15) is 75.5 Å². The summed E-state index contributed by atoms with van der Waals surface area (Å²) < 4.78 is 1.08.